The fourth-order valence-electron chi connectivity index (χ4n) is 3.79. The van der Waals surface area contributed by atoms with Crippen LogP contribution in [0.3, 0.4) is 0 Å². The topological polar surface area (TPSA) is 68.3 Å². The summed E-state index contributed by atoms with van der Waals surface area (Å²) in [5.74, 6) is 1.37. The zero-order valence-electron chi connectivity index (χ0n) is 18.4. The van der Waals surface area contributed by atoms with Crippen molar-refractivity contribution in [1.29, 1.82) is 0 Å². The molecule has 31 heavy (non-hydrogen) atoms. The highest BCUT2D eigenvalue weighted by Gasteiger charge is 2.26. The highest BCUT2D eigenvalue weighted by molar-refractivity contribution is 5.96. The summed E-state index contributed by atoms with van der Waals surface area (Å²) in [6.45, 7) is 2.08. The van der Waals surface area contributed by atoms with Gasteiger partial charge in [0.05, 0.1) is 21.3 Å². The van der Waals surface area contributed by atoms with E-state index in [0.717, 1.165) is 12.8 Å². The van der Waals surface area contributed by atoms with Gasteiger partial charge in [-0.25, -0.2) is 0 Å². The highest BCUT2D eigenvalue weighted by Crippen LogP contribution is 2.38. The number of piperazine rings is 1. The number of hydrogen-bond donors (Lipinski definition) is 0. The first-order chi connectivity index (χ1) is 15.1. The molecule has 7 heteroatoms. The summed E-state index contributed by atoms with van der Waals surface area (Å²) in [5, 5.41) is 0. The SMILES string of the molecule is COc1cc(C(=O)N2CCN(C(=O)CCCc3ccccc3)CC2)cc(OC)c1OC. The molecule has 0 spiro atoms. The van der Waals surface area contributed by atoms with Crippen LogP contribution in [-0.4, -0.2) is 69.1 Å². The quantitative estimate of drug-likeness (QED) is 0.649. The Labute approximate surface area is 183 Å². The monoisotopic (exact) mass is 426 g/mol. The third kappa shape index (κ3) is 5.48. The van der Waals surface area contributed by atoms with Crippen LogP contribution in [0.4, 0.5) is 0 Å². The number of methoxy groups -OCH3 is 3. The minimum atomic E-state index is -0.115. The van der Waals surface area contributed by atoms with Crippen molar-refractivity contribution in [1.82, 2.24) is 9.80 Å². The van der Waals surface area contributed by atoms with E-state index in [2.05, 4.69) is 12.1 Å². The molecule has 1 heterocycles. The van der Waals surface area contributed by atoms with Crippen LogP contribution < -0.4 is 14.2 Å². The number of carbonyl (C=O) groups is 2. The summed E-state index contributed by atoms with van der Waals surface area (Å²) in [4.78, 5) is 29.2. The molecule has 1 aliphatic heterocycles. The fourth-order valence-corrected chi connectivity index (χ4v) is 3.79. The number of aryl methyl sites for hydroxylation is 1. The molecule has 1 fully saturated rings. The van der Waals surface area contributed by atoms with Crippen molar-refractivity contribution in [3.8, 4) is 17.2 Å². The van der Waals surface area contributed by atoms with E-state index in [4.69, 9.17) is 14.2 Å². The molecule has 0 aromatic heterocycles. The Morgan fingerprint density at radius 3 is 1.97 bits per heavy atom. The average molecular weight is 427 g/mol. The molecule has 1 saturated heterocycles. The van der Waals surface area contributed by atoms with E-state index in [-0.39, 0.29) is 11.8 Å². The number of amides is 2. The summed E-state index contributed by atoms with van der Waals surface area (Å²) in [7, 11) is 4.57. The summed E-state index contributed by atoms with van der Waals surface area (Å²) >= 11 is 0. The first-order valence-corrected chi connectivity index (χ1v) is 10.5. The smallest absolute Gasteiger partial charge is 0.254 e. The molecular weight excluding hydrogens is 396 g/mol. The summed E-state index contributed by atoms with van der Waals surface area (Å²) in [5.41, 5.74) is 1.72. The lowest BCUT2D eigenvalue weighted by Gasteiger charge is -2.35. The van der Waals surface area contributed by atoms with Gasteiger partial charge < -0.3 is 24.0 Å². The Balaban J connectivity index is 1.54. The van der Waals surface area contributed by atoms with Gasteiger partial charge in [-0.2, -0.15) is 0 Å². The van der Waals surface area contributed by atoms with Crippen molar-refractivity contribution >= 4 is 11.8 Å². The van der Waals surface area contributed by atoms with Crippen LogP contribution in [0.5, 0.6) is 17.2 Å². The van der Waals surface area contributed by atoms with Crippen molar-refractivity contribution in [2.24, 2.45) is 0 Å². The number of hydrogen-bond acceptors (Lipinski definition) is 5. The van der Waals surface area contributed by atoms with Crippen molar-refractivity contribution < 1.29 is 23.8 Å². The molecule has 0 aliphatic carbocycles. The number of nitrogens with zero attached hydrogens (tertiary/aromatic N) is 2. The van der Waals surface area contributed by atoms with Gasteiger partial charge in [-0.3, -0.25) is 9.59 Å². The standard InChI is InChI=1S/C24H30N2O5/c1-29-20-16-19(17-21(30-2)23(20)31-3)24(28)26-14-12-25(13-15-26)22(27)11-7-10-18-8-5-4-6-9-18/h4-6,8-9,16-17H,7,10-15H2,1-3H3. The largest absolute Gasteiger partial charge is 0.493 e. The zero-order chi connectivity index (χ0) is 22.2. The predicted molar refractivity (Wildman–Crippen MR) is 118 cm³/mol. The highest BCUT2D eigenvalue weighted by atomic mass is 16.5. The van der Waals surface area contributed by atoms with Crippen molar-refractivity contribution in [2.45, 2.75) is 19.3 Å². The van der Waals surface area contributed by atoms with Gasteiger partial charge in [-0.1, -0.05) is 30.3 Å². The van der Waals surface area contributed by atoms with Crippen molar-refractivity contribution in [3.05, 3.63) is 53.6 Å². The van der Waals surface area contributed by atoms with E-state index >= 15 is 0 Å². The van der Waals surface area contributed by atoms with Gasteiger partial charge in [0.25, 0.3) is 5.91 Å². The lowest BCUT2D eigenvalue weighted by Crippen LogP contribution is -2.50. The summed E-state index contributed by atoms with van der Waals surface area (Å²) in [6.07, 6.45) is 2.25. The van der Waals surface area contributed by atoms with E-state index in [1.54, 1.807) is 17.0 Å². The Bertz CT molecular complexity index is 867. The maximum absolute atomic E-state index is 13.0. The summed E-state index contributed by atoms with van der Waals surface area (Å²) < 4.78 is 16.0. The second kappa shape index (κ2) is 10.7. The Kier molecular flexibility index (Phi) is 7.76. The van der Waals surface area contributed by atoms with Crippen molar-refractivity contribution in [2.75, 3.05) is 47.5 Å². The van der Waals surface area contributed by atoms with Crippen molar-refractivity contribution in [3.63, 3.8) is 0 Å². The van der Waals surface area contributed by atoms with Gasteiger partial charge in [0.2, 0.25) is 11.7 Å². The van der Waals surface area contributed by atoms with Crippen LogP contribution in [0.25, 0.3) is 0 Å². The van der Waals surface area contributed by atoms with Crippen LogP contribution in [0, 0.1) is 0 Å². The normalized spacial score (nSPS) is 13.6. The average Bonchev–Trinajstić information content (AvgIpc) is 2.83. The van der Waals surface area contributed by atoms with Crippen LogP contribution in [0.1, 0.15) is 28.8 Å². The van der Waals surface area contributed by atoms with Gasteiger partial charge in [-0.15, -0.1) is 0 Å². The first kappa shape index (κ1) is 22.5. The number of ether oxygens (including phenoxy) is 3. The van der Waals surface area contributed by atoms with E-state index in [1.807, 2.05) is 23.1 Å². The molecule has 1 aliphatic rings. The number of benzene rings is 2. The molecule has 3 rings (SSSR count). The molecule has 2 aromatic carbocycles. The lowest BCUT2D eigenvalue weighted by molar-refractivity contribution is -0.132. The third-order valence-corrected chi connectivity index (χ3v) is 5.53. The molecule has 7 nitrogen and oxygen atoms in total. The van der Waals surface area contributed by atoms with Gasteiger partial charge in [0.15, 0.2) is 11.5 Å². The minimum absolute atomic E-state index is 0.115. The van der Waals surface area contributed by atoms with E-state index in [1.165, 1.54) is 26.9 Å². The molecular formula is C24H30N2O5. The van der Waals surface area contributed by atoms with Crippen LogP contribution >= 0.6 is 0 Å². The van der Waals surface area contributed by atoms with Gasteiger partial charge in [0.1, 0.15) is 0 Å². The first-order valence-electron chi connectivity index (χ1n) is 10.5. The van der Waals surface area contributed by atoms with E-state index in [9.17, 15) is 9.59 Å². The number of rotatable bonds is 8. The maximum Gasteiger partial charge on any atom is 0.254 e. The molecule has 0 atom stereocenters. The second-order valence-electron chi connectivity index (χ2n) is 7.43. The molecule has 0 radical (unpaired) electrons. The Morgan fingerprint density at radius 1 is 0.839 bits per heavy atom. The van der Waals surface area contributed by atoms with Gasteiger partial charge >= 0.3 is 0 Å². The van der Waals surface area contributed by atoms with Gasteiger partial charge in [0, 0.05) is 38.2 Å². The molecule has 0 N–H and O–H groups in total. The number of carbonyl (C=O) groups excluding carboxylic acids is 2. The van der Waals surface area contributed by atoms with Crippen LogP contribution in [0.15, 0.2) is 42.5 Å². The molecule has 0 unspecified atom stereocenters. The van der Waals surface area contributed by atoms with E-state index < -0.39 is 0 Å². The molecule has 0 bridgehead atoms. The molecule has 166 valence electrons. The second-order valence-corrected chi connectivity index (χ2v) is 7.43. The van der Waals surface area contributed by atoms with E-state index in [0.29, 0.717) is 55.4 Å². The minimum Gasteiger partial charge on any atom is -0.493 e. The zero-order valence-corrected chi connectivity index (χ0v) is 18.4. The Morgan fingerprint density at radius 2 is 1.42 bits per heavy atom. The molecule has 2 amide bonds. The summed E-state index contributed by atoms with van der Waals surface area (Å²) in [6, 6.07) is 13.5. The van der Waals surface area contributed by atoms with Crippen LogP contribution in [-0.2, 0) is 11.2 Å². The molecule has 0 saturated carbocycles. The predicted octanol–water partition coefficient (Wildman–Crippen LogP) is 3.02. The maximum atomic E-state index is 13.0. The van der Waals surface area contributed by atoms with Gasteiger partial charge in [-0.05, 0) is 30.5 Å². The molecule has 2 aromatic rings. The Hall–Kier alpha value is -3.22. The lowest BCUT2D eigenvalue weighted by atomic mass is 10.1. The third-order valence-electron chi connectivity index (χ3n) is 5.53. The fraction of sp³-hybridized carbons (Fsp3) is 0.417. The van der Waals surface area contributed by atoms with Crippen LogP contribution in [0.2, 0.25) is 0 Å².